The van der Waals surface area contributed by atoms with Crippen LogP contribution in [0.25, 0.3) is 0 Å². The zero-order valence-electron chi connectivity index (χ0n) is 9.23. The summed E-state index contributed by atoms with van der Waals surface area (Å²) in [6.45, 7) is 1.54. The van der Waals surface area contributed by atoms with Gasteiger partial charge in [0.25, 0.3) is 0 Å². The Morgan fingerprint density at radius 2 is 1.94 bits per heavy atom. The van der Waals surface area contributed by atoms with Crippen LogP contribution in [-0.2, 0) is 6.18 Å². The van der Waals surface area contributed by atoms with E-state index in [-0.39, 0.29) is 5.56 Å². The van der Waals surface area contributed by atoms with Crippen molar-refractivity contribution in [1.29, 1.82) is 0 Å². The summed E-state index contributed by atoms with van der Waals surface area (Å²) in [4.78, 5) is 11.6. The van der Waals surface area contributed by atoms with Crippen LogP contribution in [0.2, 0.25) is 0 Å². The molecular formula is C11H11F4NO. The van der Waals surface area contributed by atoms with Crippen molar-refractivity contribution in [1.82, 2.24) is 5.32 Å². The van der Waals surface area contributed by atoms with Crippen LogP contribution < -0.4 is 5.32 Å². The summed E-state index contributed by atoms with van der Waals surface area (Å²) in [7, 11) is 1.53. The lowest BCUT2D eigenvalue weighted by Crippen LogP contribution is -2.30. The van der Waals surface area contributed by atoms with Crippen molar-refractivity contribution in [3.05, 3.63) is 35.1 Å². The molecule has 1 atom stereocenters. The predicted molar refractivity (Wildman–Crippen MR) is 54.3 cm³/mol. The standard InChI is InChI=1S/C11H11F4NO/c1-6(16-2)10(17)7-3-4-8(9(12)5-7)11(13,14)15/h3-6,16H,1-2H3. The molecule has 6 heteroatoms. The van der Waals surface area contributed by atoms with E-state index in [0.29, 0.717) is 12.1 Å². The van der Waals surface area contributed by atoms with Crippen LogP contribution in [0.5, 0.6) is 0 Å². The van der Waals surface area contributed by atoms with E-state index >= 15 is 0 Å². The van der Waals surface area contributed by atoms with E-state index in [1.54, 1.807) is 0 Å². The summed E-state index contributed by atoms with van der Waals surface area (Å²) in [5.74, 6) is -1.90. The lowest BCUT2D eigenvalue weighted by molar-refractivity contribution is -0.140. The van der Waals surface area contributed by atoms with Gasteiger partial charge in [-0.3, -0.25) is 4.79 Å². The van der Waals surface area contributed by atoms with E-state index in [1.807, 2.05) is 0 Å². The maximum Gasteiger partial charge on any atom is 0.419 e. The highest BCUT2D eigenvalue weighted by atomic mass is 19.4. The summed E-state index contributed by atoms with van der Waals surface area (Å²) >= 11 is 0. The molecule has 1 unspecified atom stereocenters. The maximum absolute atomic E-state index is 13.2. The molecule has 0 heterocycles. The summed E-state index contributed by atoms with van der Waals surface area (Å²) in [6.07, 6.45) is -4.75. The van der Waals surface area contributed by atoms with Crippen LogP contribution in [0.4, 0.5) is 17.6 Å². The zero-order valence-corrected chi connectivity index (χ0v) is 9.23. The number of Topliss-reactive ketones (excluding diaryl/α,β-unsaturated/α-hetero) is 1. The highest BCUT2D eigenvalue weighted by molar-refractivity contribution is 5.99. The van der Waals surface area contributed by atoms with Gasteiger partial charge in [-0.2, -0.15) is 13.2 Å². The molecule has 0 spiro atoms. The number of carbonyl (C=O) groups is 1. The third-order valence-electron chi connectivity index (χ3n) is 2.39. The quantitative estimate of drug-likeness (QED) is 0.659. The highest BCUT2D eigenvalue weighted by Gasteiger charge is 2.34. The molecule has 2 nitrogen and oxygen atoms in total. The van der Waals surface area contributed by atoms with Crippen molar-refractivity contribution in [2.45, 2.75) is 19.1 Å². The van der Waals surface area contributed by atoms with Gasteiger partial charge in [-0.25, -0.2) is 4.39 Å². The lowest BCUT2D eigenvalue weighted by atomic mass is 10.0. The van der Waals surface area contributed by atoms with Gasteiger partial charge in [-0.1, -0.05) is 6.07 Å². The van der Waals surface area contributed by atoms with Gasteiger partial charge in [-0.15, -0.1) is 0 Å². The largest absolute Gasteiger partial charge is 0.419 e. The van der Waals surface area contributed by atoms with Crippen LogP contribution in [0.15, 0.2) is 18.2 Å². The Bertz CT molecular complexity index is 428. The van der Waals surface area contributed by atoms with E-state index in [9.17, 15) is 22.4 Å². The average Bonchev–Trinajstić information content (AvgIpc) is 2.25. The predicted octanol–water partition coefficient (Wildman–Crippen LogP) is 2.64. The molecule has 0 aliphatic rings. The molecule has 17 heavy (non-hydrogen) atoms. The second kappa shape index (κ2) is 4.83. The van der Waals surface area contributed by atoms with Crippen LogP contribution in [0.1, 0.15) is 22.8 Å². The number of hydrogen-bond donors (Lipinski definition) is 1. The van der Waals surface area contributed by atoms with Crippen molar-refractivity contribution in [3.8, 4) is 0 Å². The number of benzene rings is 1. The highest BCUT2D eigenvalue weighted by Crippen LogP contribution is 2.31. The van der Waals surface area contributed by atoms with Crippen molar-refractivity contribution >= 4 is 5.78 Å². The molecule has 0 saturated heterocycles. The fourth-order valence-electron chi connectivity index (χ4n) is 1.28. The fourth-order valence-corrected chi connectivity index (χ4v) is 1.28. The molecule has 94 valence electrons. The second-order valence-electron chi connectivity index (χ2n) is 3.57. The molecule has 1 rings (SSSR count). The van der Waals surface area contributed by atoms with Gasteiger partial charge in [0.2, 0.25) is 0 Å². The molecular weight excluding hydrogens is 238 g/mol. The Morgan fingerprint density at radius 3 is 2.35 bits per heavy atom. The molecule has 0 amide bonds. The van der Waals surface area contributed by atoms with Crippen molar-refractivity contribution < 1.29 is 22.4 Å². The van der Waals surface area contributed by atoms with E-state index in [4.69, 9.17) is 0 Å². The molecule has 0 aliphatic heterocycles. The Kier molecular flexibility index (Phi) is 3.87. The normalized spacial score (nSPS) is 13.5. The minimum Gasteiger partial charge on any atom is -0.310 e. The van der Waals surface area contributed by atoms with Crippen molar-refractivity contribution in [3.63, 3.8) is 0 Å². The van der Waals surface area contributed by atoms with E-state index in [1.165, 1.54) is 14.0 Å². The summed E-state index contributed by atoms with van der Waals surface area (Å²) in [6, 6.07) is 1.58. The molecule has 0 saturated carbocycles. The van der Waals surface area contributed by atoms with Crippen LogP contribution in [0.3, 0.4) is 0 Å². The Balaban J connectivity index is 3.09. The van der Waals surface area contributed by atoms with Gasteiger partial charge in [0.05, 0.1) is 11.6 Å². The molecule has 1 aromatic rings. The van der Waals surface area contributed by atoms with Crippen LogP contribution >= 0.6 is 0 Å². The Morgan fingerprint density at radius 1 is 1.35 bits per heavy atom. The van der Waals surface area contributed by atoms with Crippen molar-refractivity contribution in [2.24, 2.45) is 0 Å². The topological polar surface area (TPSA) is 29.1 Å². The summed E-state index contributed by atoms with van der Waals surface area (Å²) in [5.41, 5.74) is -1.46. The third kappa shape index (κ3) is 3.03. The second-order valence-corrected chi connectivity index (χ2v) is 3.57. The fraction of sp³-hybridized carbons (Fsp3) is 0.364. The molecule has 1 aromatic carbocycles. The first-order chi connectivity index (χ1) is 7.77. The number of hydrogen-bond acceptors (Lipinski definition) is 2. The SMILES string of the molecule is CNC(C)C(=O)c1ccc(C(F)(F)F)c(F)c1. The lowest BCUT2D eigenvalue weighted by Gasteiger charge is -2.11. The number of carbonyl (C=O) groups excluding carboxylic acids is 1. The van der Waals surface area contributed by atoms with Crippen LogP contribution in [-0.4, -0.2) is 18.9 Å². The van der Waals surface area contributed by atoms with E-state index in [0.717, 1.165) is 6.07 Å². The van der Waals surface area contributed by atoms with E-state index in [2.05, 4.69) is 5.32 Å². The average molecular weight is 249 g/mol. The van der Waals surface area contributed by atoms with Gasteiger partial charge in [0, 0.05) is 5.56 Å². The molecule has 0 bridgehead atoms. The number of nitrogens with one attached hydrogen (secondary N) is 1. The summed E-state index contributed by atoms with van der Waals surface area (Å²) in [5, 5.41) is 2.63. The number of halogens is 4. The van der Waals surface area contributed by atoms with Crippen LogP contribution in [0, 0.1) is 5.82 Å². The first-order valence-electron chi connectivity index (χ1n) is 4.85. The van der Waals surface area contributed by atoms with Gasteiger partial charge in [0.1, 0.15) is 5.82 Å². The van der Waals surface area contributed by atoms with Gasteiger partial charge < -0.3 is 5.32 Å². The molecule has 0 fully saturated rings. The summed E-state index contributed by atoms with van der Waals surface area (Å²) < 4.78 is 50.0. The number of ketones is 1. The van der Waals surface area contributed by atoms with Crippen molar-refractivity contribution in [2.75, 3.05) is 7.05 Å². The molecule has 1 N–H and O–H groups in total. The molecule has 0 aliphatic carbocycles. The number of alkyl halides is 3. The van der Waals surface area contributed by atoms with Gasteiger partial charge in [-0.05, 0) is 26.1 Å². The third-order valence-corrected chi connectivity index (χ3v) is 2.39. The minimum absolute atomic E-state index is 0.0858. The smallest absolute Gasteiger partial charge is 0.310 e. The maximum atomic E-state index is 13.2. The minimum atomic E-state index is -4.75. The first-order valence-corrected chi connectivity index (χ1v) is 4.85. The van der Waals surface area contributed by atoms with Gasteiger partial charge in [0.15, 0.2) is 5.78 Å². The molecule has 0 radical (unpaired) electrons. The zero-order chi connectivity index (χ0) is 13.2. The number of likely N-dealkylation sites (N-methyl/N-ethyl adjacent to an activating group) is 1. The Labute approximate surface area is 95.6 Å². The van der Waals surface area contributed by atoms with Gasteiger partial charge >= 0.3 is 6.18 Å². The first kappa shape index (κ1) is 13.6. The monoisotopic (exact) mass is 249 g/mol. The van der Waals surface area contributed by atoms with E-state index < -0.39 is 29.4 Å². The molecule has 0 aromatic heterocycles. The Hall–Kier alpha value is -1.43. The number of rotatable bonds is 3.